The molecule has 6 heteroatoms. The van der Waals surface area contributed by atoms with E-state index in [0.717, 1.165) is 30.2 Å². The summed E-state index contributed by atoms with van der Waals surface area (Å²) in [5.74, 6) is 0.958. The summed E-state index contributed by atoms with van der Waals surface area (Å²) >= 11 is 1.69. The summed E-state index contributed by atoms with van der Waals surface area (Å²) in [5.41, 5.74) is 1.15. The Bertz CT molecular complexity index is 529. The van der Waals surface area contributed by atoms with Crippen LogP contribution in [0.3, 0.4) is 0 Å². The van der Waals surface area contributed by atoms with Crippen LogP contribution in [0.15, 0.2) is 5.38 Å². The Labute approximate surface area is 119 Å². The van der Waals surface area contributed by atoms with Crippen molar-refractivity contribution < 1.29 is 8.42 Å². The number of nitrogens with zero attached hydrogens (tertiary/aromatic N) is 1. The Balaban J connectivity index is 1.79. The van der Waals surface area contributed by atoms with Gasteiger partial charge in [-0.2, -0.15) is 0 Å². The lowest BCUT2D eigenvalue weighted by molar-refractivity contribution is 0.516. The van der Waals surface area contributed by atoms with Crippen LogP contribution in [-0.2, 0) is 21.8 Å². The van der Waals surface area contributed by atoms with Gasteiger partial charge in [0.15, 0.2) is 9.84 Å². The highest BCUT2D eigenvalue weighted by Crippen LogP contribution is 2.25. The van der Waals surface area contributed by atoms with E-state index in [0.29, 0.717) is 11.5 Å². The zero-order valence-corrected chi connectivity index (χ0v) is 13.4. The van der Waals surface area contributed by atoms with Crippen LogP contribution in [0.2, 0.25) is 0 Å². The first-order valence-corrected chi connectivity index (χ1v) is 9.32. The molecule has 2 heterocycles. The van der Waals surface area contributed by atoms with E-state index >= 15 is 0 Å². The molecule has 19 heavy (non-hydrogen) atoms. The molecule has 0 bridgehead atoms. The molecule has 4 nitrogen and oxygen atoms in total. The second-order valence-electron chi connectivity index (χ2n) is 6.29. The largest absolute Gasteiger partial charge is 0.311 e. The quantitative estimate of drug-likeness (QED) is 0.924. The van der Waals surface area contributed by atoms with Crippen molar-refractivity contribution in [2.24, 2.45) is 5.92 Å². The van der Waals surface area contributed by atoms with Gasteiger partial charge in [0.25, 0.3) is 0 Å². The third-order valence-corrected chi connectivity index (χ3v) is 6.41. The Kier molecular flexibility index (Phi) is 4.32. The fraction of sp³-hybridized carbons (Fsp3) is 0.769. The molecule has 0 spiro atoms. The van der Waals surface area contributed by atoms with E-state index < -0.39 is 9.84 Å². The summed E-state index contributed by atoms with van der Waals surface area (Å²) in [7, 11) is -2.76. The van der Waals surface area contributed by atoms with Gasteiger partial charge in [0.05, 0.1) is 22.2 Å². The molecule has 2 rings (SSSR count). The van der Waals surface area contributed by atoms with Gasteiger partial charge in [-0.15, -0.1) is 11.3 Å². The van der Waals surface area contributed by atoms with Crippen molar-refractivity contribution in [3.63, 3.8) is 0 Å². The number of hydrogen-bond acceptors (Lipinski definition) is 5. The van der Waals surface area contributed by atoms with E-state index in [4.69, 9.17) is 0 Å². The third kappa shape index (κ3) is 4.26. The minimum absolute atomic E-state index is 0.0997. The molecule has 1 aliphatic rings. The van der Waals surface area contributed by atoms with Gasteiger partial charge in [-0.25, -0.2) is 13.4 Å². The molecule has 1 aromatic rings. The second kappa shape index (κ2) is 5.50. The molecule has 0 aliphatic carbocycles. The van der Waals surface area contributed by atoms with E-state index in [1.54, 1.807) is 11.3 Å². The lowest BCUT2D eigenvalue weighted by Gasteiger charge is -2.13. The van der Waals surface area contributed by atoms with Crippen LogP contribution in [0.4, 0.5) is 0 Å². The number of aromatic nitrogens is 1. The first kappa shape index (κ1) is 14.9. The van der Waals surface area contributed by atoms with Gasteiger partial charge in [0.1, 0.15) is 0 Å². The van der Waals surface area contributed by atoms with Crippen LogP contribution in [0.25, 0.3) is 0 Å². The average Bonchev–Trinajstić information content (AvgIpc) is 2.85. The molecule has 0 saturated carbocycles. The lowest BCUT2D eigenvalue weighted by atomic mass is 9.98. The number of rotatable bonds is 4. The number of nitrogens with one attached hydrogen (secondary N) is 1. The first-order valence-electron chi connectivity index (χ1n) is 6.62. The third-order valence-electron chi connectivity index (χ3n) is 3.26. The van der Waals surface area contributed by atoms with E-state index in [1.165, 1.54) is 0 Å². The highest BCUT2D eigenvalue weighted by atomic mass is 32.2. The zero-order valence-electron chi connectivity index (χ0n) is 11.8. The molecule has 1 fully saturated rings. The summed E-state index contributed by atoms with van der Waals surface area (Å²) in [4.78, 5) is 4.61. The molecule has 1 atom stereocenters. The predicted octanol–water partition coefficient (Wildman–Crippen LogP) is 1.96. The number of hydrogen-bond donors (Lipinski definition) is 1. The standard InChI is InChI=1S/C13H22N2O2S2/c1-13(2,3)12-15-11(8-18-12)7-14-6-10-4-5-19(16,17)9-10/h8,10,14H,4-7,9H2,1-3H3. The minimum Gasteiger partial charge on any atom is -0.311 e. The molecule has 0 radical (unpaired) electrons. The summed E-state index contributed by atoms with van der Waals surface area (Å²) in [6, 6.07) is 0. The minimum atomic E-state index is -2.76. The van der Waals surface area contributed by atoms with Gasteiger partial charge in [-0.1, -0.05) is 20.8 Å². The van der Waals surface area contributed by atoms with Gasteiger partial charge < -0.3 is 5.32 Å². The van der Waals surface area contributed by atoms with Gasteiger partial charge in [-0.3, -0.25) is 0 Å². The number of thiazole rings is 1. The molecule has 1 N–H and O–H groups in total. The fourth-order valence-electron chi connectivity index (χ4n) is 2.17. The highest BCUT2D eigenvalue weighted by molar-refractivity contribution is 7.91. The van der Waals surface area contributed by atoms with Gasteiger partial charge in [0, 0.05) is 17.3 Å². The van der Waals surface area contributed by atoms with Gasteiger partial charge in [0.2, 0.25) is 0 Å². The predicted molar refractivity (Wildman–Crippen MR) is 79.3 cm³/mol. The Hall–Kier alpha value is -0.460. The lowest BCUT2D eigenvalue weighted by Crippen LogP contribution is -2.23. The van der Waals surface area contributed by atoms with Crippen LogP contribution in [-0.4, -0.2) is 31.5 Å². The molecule has 1 unspecified atom stereocenters. The molecule has 1 aliphatic heterocycles. The van der Waals surface area contributed by atoms with Crippen LogP contribution < -0.4 is 5.32 Å². The highest BCUT2D eigenvalue weighted by Gasteiger charge is 2.27. The van der Waals surface area contributed by atoms with Crippen molar-refractivity contribution >= 4 is 21.2 Å². The fourth-order valence-corrected chi connectivity index (χ4v) is 4.94. The van der Waals surface area contributed by atoms with Crippen molar-refractivity contribution in [1.29, 1.82) is 0 Å². The maximum absolute atomic E-state index is 11.3. The molecule has 1 aromatic heterocycles. The van der Waals surface area contributed by atoms with Gasteiger partial charge in [-0.05, 0) is 18.9 Å². The second-order valence-corrected chi connectivity index (χ2v) is 9.38. The van der Waals surface area contributed by atoms with E-state index in [2.05, 4.69) is 36.5 Å². The monoisotopic (exact) mass is 302 g/mol. The average molecular weight is 302 g/mol. The topological polar surface area (TPSA) is 59.1 Å². The van der Waals surface area contributed by atoms with Crippen molar-refractivity contribution in [2.45, 2.75) is 39.2 Å². The van der Waals surface area contributed by atoms with Crippen LogP contribution >= 0.6 is 11.3 Å². The molecule has 0 aromatic carbocycles. The normalized spacial score (nSPS) is 22.8. The summed E-state index contributed by atoms with van der Waals surface area (Å²) in [6.45, 7) is 7.97. The summed E-state index contributed by atoms with van der Waals surface area (Å²) in [5, 5.41) is 6.55. The van der Waals surface area contributed by atoms with Crippen molar-refractivity contribution in [1.82, 2.24) is 10.3 Å². The maximum Gasteiger partial charge on any atom is 0.150 e. The van der Waals surface area contributed by atoms with Crippen molar-refractivity contribution in [3.8, 4) is 0 Å². The molecule has 108 valence electrons. The Morgan fingerprint density at radius 1 is 1.47 bits per heavy atom. The van der Waals surface area contributed by atoms with E-state index in [9.17, 15) is 8.42 Å². The van der Waals surface area contributed by atoms with E-state index in [-0.39, 0.29) is 11.3 Å². The summed E-state index contributed by atoms with van der Waals surface area (Å²) < 4.78 is 22.7. The zero-order chi connectivity index (χ0) is 14.1. The Morgan fingerprint density at radius 2 is 2.21 bits per heavy atom. The molecular weight excluding hydrogens is 280 g/mol. The van der Waals surface area contributed by atoms with Crippen LogP contribution in [0, 0.1) is 5.92 Å². The number of sulfone groups is 1. The first-order chi connectivity index (χ1) is 8.76. The van der Waals surface area contributed by atoms with Crippen LogP contribution in [0.5, 0.6) is 0 Å². The van der Waals surface area contributed by atoms with Crippen molar-refractivity contribution in [3.05, 3.63) is 16.1 Å². The molecule has 1 saturated heterocycles. The van der Waals surface area contributed by atoms with Crippen LogP contribution in [0.1, 0.15) is 37.9 Å². The van der Waals surface area contributed by atoms with Crippen molar-refractivity contribution in [2.75, 3.05) is 18.1 Å². The Morgan fingerprint density at radius 3 is 2.74 bits per heavy atom. The molecular formula is C13H22N2O2S2. The van der Waals surface area contributed by atoms with E-state index in [1.807, 2.05) is 0 Å². The molecule has 0 amide bonds. The maximum atomic E-state index is 11.3. The SMILES string of the molecule is CC(C)(C)c1nc(CNCC2CCS(=O)(=O)C2)cs1. The van der Waals surface area contributed by atoms with Gasteiger partial charge >= 0.3 is 0 Å². The smallest absolute Gasteiger partial charge is 0.150 e. The summed E-state index contributed by atoms with van der Waals surface area (Å²) in [6.07, 6.45) is 0.791.